The molecule has 3 nitrogen and oxygen atoms in total. The van der Waals surface area contributed by atoms with Crippen molar-refractivity contribution in [2.75, 3.05) is 0 Å². The second-order valence-corrected chi connectivity index (χ2v) is 8.42. The molecule has 4 aliphatic rings. The molecule has 1 aromatic carbocycles. The van der Waals surface area contributed by atoms with Gasteiger partial charge in [-0.2, -0.15) is 0 Å². The van der Waals surface area contributed by atoms with Crippen molar-refractivity contribution in [3.05, 3.63) is 35.6 Å². The second-order valence-electron chi connectivity index (χ2n) is 8.42. The van der Waals surface area contributed by atoms with E-state index in [0.29, 0.717) is 11.0 Å². The summed E-state index contributed by atoms with van der Waals surface area (Å²) in [6.45, 7) is 2.39. The summed E-state index contributed by atoms with van der Waals surface area (Å²) in [7, 11) is 0. The summed E-state index contributed by atoms with van der Waals surface area (Å²) >= 11 is 0. The highest BCUT2D eigenvalue weighted by Gasteiger charge is 2.53. The van der Waals surface area contributed by atoms with Crippen LogP contribution in [0.15, 0.2) is 24.3 Å². The monoisotopic (exact) mass is 330 g/mol. The number of hydrogen-bond acceptors (Lipinski definition) is 1. The van der Waals surface area contributed by atoms with Gasteiger partial charge in [-0.1, -0.05) is 18.2 Å². The standard InChI is InChI=1S/C20H27FN2O/c1-13(20-9-14-6-15(10-20)8-16(7-14)11-20)23-19(24)22-12-17-4-2-3-5-18(17)21/h2-5,13-16H,6-12H2,1H3,(H2,22,23,24). The molecule has 0 radical (unpaired) electrons. The summed E-state index contributed by atoms with van der Waals surface area (Å²) < 4.78 is 13.6. The molecule has 1 atom stereocenters. The van der Waals surface area contributed by atoms with E-state index in [-0.39, 0.29) is 24.4 Å². The number of amides is 2. The first-order chi connectivity index (χ1) is 11.5. The van der Waals surface area contributed by atoms with E-state index in [4.69, 9.17) is 0 Å². The lowest BCUT2D eigenvalue weighted by atomic mass is 9.48. The van der Waals surface area contributed by atoms with E-state index in [1.54, 1.807) is 18.2 Å². The van der Waals surface area contributed by atoms with Crippen LogP contribution in [0.3, 0.4) is 0 Å². The fourth-order valence-corrected chi connectivity index (χ4v) is 5.93. The molecule has 4 aliphatic carbocycles. The summed E-state index contributed by atoms with van der Waals surface area (Å²) in [4.78, 5) is 12.3. The van der Waals surface area contributed by atoms with Gasteiger partial charge in [-0.15, -0.1) is 0 Å². The molecule has 2 N–H and O–H groups in total. The topological polar surface area (TPSA) is 41.1 Å². The van der Waals surface area contributed by atoms with E-state index in [0.717, 1.165) is 17.8 Å². The third-order valence-electron chi connectivity index (χ3n) is 6.75. The van der Waals surface area contributed by atoms with Crippen LogP contribution in [-0.4, -0.2) is 12.1 Å². The van der Waals surface area contributed by atoms with Gasteiger partial charge < -0.3 is 10.6 Å². The Morgan fingerprint density at radius 2 is 1.75 bits per heavy atom. The van der Waals surface area contributed by atoms with E-state index < -0.39 is 0 Å². The Morgan fingerprint density at radius 1 is 1.17 bits per heavy atom. The molecule has 4 fully saturated rings. The predicted molar refractivity (Wildman–Crippen MR) is 91.8 cm³/mol. The van der Waals surface area contributed by atoms with Crippen molar-refractivity contribution in [2.45, 2.75) is 58.0 Å². The van der Waals surface area contributed by atoms with Crippen molar-refractivity contribution in [3.8, 4) is 0 Å². The van der Waals surface area contributed by atoms with Crippen molar-refractivity contribution in [1.82, 2.24) is 10.6 Å². The molecule has 0 heterocycles. The maximum atomic E-state index is 13.6. The SMILES string of the molecule is CC(NC(=O)NCc1ccccc1F)C12CC3CC(CC(C3)C1)C2. The molecule has 5 rings (SSSR count). The van der Waals surface area contributed by atoms with E-state index in [1.165, 1.54) is 44.6 Å². The molecular formula is C20H27FN2O. The first-order valence-corrected chi connectivity index (χ1v) is 9.32. The van der Waals surface area contributed by atoms with Crippen molar-refractivity contribution in [3.63, 3.8) is 0 Å². The van der Waals surface area contributed by atoms with Crippen molar-refractivity contribution < 1.29 is 9.18 Å². The Morgan fingerprint density at radius 3 is 2.33 bits per heavy atom. The molecule has 1 unspecified atom stereocenters. The van der Waals surface area contributed by atoms with Crippen LogP contribution in [0.2, 0.25) is 0 Å². The van der Waals surface area contributed by atoms with Crippen molar-refractivity contribution in [1.29, 1.82) is 0 Å². The minimum absolute atomic E-state index is 0.179. The zero-order valence-electron chi connectivity index (χ0n) is 14.4. The number of carbonyl (C=O) groups is 1. The predicted octanol–water partition coefficient (Wildman–Crippen LogP) is 4.23. The fraction of sp³-hybridized carbons (Fsp3) is 0.650. The van der Waals surface area contributed by atoms with Crippen LogP contribution < -0.4 is 10.6 Å². The fourth-order valence-electron chi connectivity index (χ4n) is 5.93. The molecule has 130 valence electrons. The van der Waals surface area contributed by atoms with Crippen LogP contribution in [0, 0.1) is 29.0 Å². The molecule has 1 aromatic rings. The minimum atomic E-state index is -0.271. The molecule has 0 aromatic heterocycles. The number of carbonyl (C=O) groups excluding carboxylic acids is 1. The quantitative estimate of drug-likeness (QED) is 0.852. The second kappa shape index (κ2) is 6.05. The zero-order chi connectivity index (χ0) is 16.7. The lowest BCUT2D eigenvalue weighted by Crippen LogP contribution is -2.57. The molecule has 0 spiro atoms. The van der Waals surface area contributed by atoms with E-state index in [9.17, 15) is 9.18 Å². The minimum Gasteiger partial charge on any atom is -0.335 e. The number of rotatable bonds is 4. The van der Waals surface area contributed by atoms with Crippen molar-refractivity contribution >= 4 is 6.03 Å². The Balaban J connectivity index is 1.35. The number of halogens is 1. The van der Waals surface area contributed by atoms with Gasteiger partial charge in [-0.05, 0) is 74.7 Å². The van der Waals surface area contributed by atoms with Crippen LogP contribution in [0.25, 0.3) is 0 Å². The van der Waals surface area contributed by atoms with Crippen LogP contribution >= 0.6 is 0 Å². The highest BCUT2D eigenvalue weighted by atomic mass is 19.1. The van der Waals surface area contributed by atoms with Crippen LogP contribution in [0.4, 0.5) is 9.18 Å². The summed E-state index contributed by atoms with van der Waals surface area (Å²) in [6.07, 6.45) is 8.04. The van der Waals surface area contributed by atoms with Gasteiger partial charge >= 0.3 is 6.03 Å². The van der Waals surface area contributed by atoms with Crippen molar-refractivity contribution in [2.24, 2.45) is 23.2 Å². The molecule has 24 heavy (non-hydrogen) atoms. The zero-order valence-corrected chi connectivity index (χ0v) is 14.4. The summed E-state index contributed by atoms with van der Waals surface area (Å²) in [5, 5.41) is 5.97. The van der Waals surface area contributed by atoms with Gasteiger partial charge in [0.1, 0.15) is 5.82 Å². The van der Waals surface area contributed by atoms with Crippen LogP contribution in [0.5, 0.6) is 0 Å². The normalized spacial score (nSPS) is 34.8. The van der Waals surface area contributed by atoms with E-state index in [2.05, 4.69) is 17.6 Å². The Bertz CT molecular complexity index is 595. The van der Waals surface area contributed by atoms with Crippen LogP contribution in [0.1, 0.15) is 51.0 Å². The highest BCUT2D eigenvalue weighted by molar-refractivity contribution is 5.74. The lowest BCUT2D eigenvalue weighted by Gasteiger charge is -2.59. The smallest absolute Gasteiger partial charge is 0.315 e. The van der Waals surface area contributed by atoms with Crippen LogP contribution in [-0.2, 0) is 6.54 Å². The molecule has 4 bridgehead atoms. The molecule has 4 heteroatoms. The first-order valence-electron chi connectivity index (χ1n) is 9.32. The summed E-state index contributed by atoms with van der Waals surface area (Å²) in [5.41, 5.74) is 0.819. The van der Waals surface area contributed by atoms with Gasteiger partial charge in [0.2, 0.25) is 0 Å². The van der Waals surface area contributed by atoms with Gasteiger partial charge in [-0.3, -0.25) is 0 Å². The third kappa shape index (κ3) is 2.91. The Labute approximate surface area is 143 Å². The highest BCUT2D eigenvalue weighted by Crippen LogP contribution is 2.61. The summed E-state index contributed by atoms with van der Waals surface area (Å²) in [6, 6.07) is 6.59. The van der Waals surface area contributed by atoms with E-state index >= 15 is 0 Å². The molecular weight excluding hydrogens is 303 g/mol. The number of urea groups is 1. The van der Waals surface area contributed by atoms with Gasteiger partial charge in [0.15, 0.2) is 0 Å². The maximum absolute atomic E-state index is 13.6. The molecule has 2 amide bonds. The average Bonchev–Trinajstić information content (AvgIpc) is 2.53. The van der Waals surface area contributed by atoms with E-state index in [1.807, 2.05) is 0 Å². The number of nitrogens with one attached hydrogen (secondary N) is 2. The lowest BCUT2D eigenvalue weighted by molar-refractivity contribution is -0.0682. The van der Waals surface area contributed by atoms with Gasteiger partial charge in [-0.25, -0.2) is 9.18 Å². The van der Waals surface area contributed by atoms with Gasteiger partial charge in [0, 0.05) is 18.2 Å². The number of benzene rings is 1. The Kier molecular flexibility index (Phi) is 4.01. The van der Waals surface area contributed by atoms with Gasteiger partial charge in [0.25, 0.3) is 0 Å². The van der Waals surface area contributed by atoms with Gasteiger partial charge in [0.05, 0.1) is 0 Å². The average molecular weight is 330 g/mol. The number of hydrogen-bond donors (Lipinski definition) is 2. The molecule has 4 saturated carbocycles. The first kappa shape index (κ1) is 15.9. The Hall–Kier alpha value is -1.58. The third-order valence-corrected chi connectivity index (χ3v) is 6.75. The summed E-state index contributed by atoms with van der Waals surface area (Å²) in [5.74, 6) is 2.36. The molecule has 0 aliphatic heterocycles. The maximum Gasteiger partial charge on any atom is 0.315 e. The molecule has 0 saturated heterocycles. The largest absolute Gasteiger partial charge is 0.335 e.